The Morgan fingerprint density at radius 2 is 1.82 bits per heavy atom. The number of rotatable bonds is 2. The Hall–Kier alpha value is -0.160. The van der Waals surface area contributed by atoms with Gasteiger partial charge < -0.3 is 0 Å². The van der Waals surface area contributed by atoms with Crippen LogP contribution in [0.4, 0.5) is 8.78 Å². The van der Waals surface area contributed by atoms with Crippen LogP contribution in [0.5, 0.6) is 0 Å². The lowest BCUT2D eigenvalue weighted by molar-refractivity contribution is 0.588. The van der Waals surface area contributed by atoms with Crippen molar-refractivity contribution >= 4 is 50.5 Å². The maximum absolute atomic E-state index is 13.6. The fourth-order valence-corrected chi connectivity index (χ4v) is 3.93. The average Bonchev–Trinajstić information content (AvgIpc) is 2.60. The lowest BCUT2D eigenvalue weighted by atomic mass is 10.1. The van der Waals surface area contributed by atoms with Gasteiger partial charge in [-0.15, -0.1) is 11.3 Å². The van der Waals surface area contributed by atoms with E-state index in [0.29, 0.717) is 14.2 Å². The van der Waals surface area contributed by atoms with E-state index in [1.165, 1.54) is 11.3 Å². The summed E-state index contributed by atoms with van der Waals surface area (Å²) >= 11 is 16.3. The predicted molar refractivity (Wildman–Crippen MR) is 71.5 cm³/mol. The summed E-state index contributed by atoms with van der Waals surface area (Å²) in [7, 11) is 0. The summed E-state index contributed by atoms with van der Waals surface area (Å²) in [5.74, 6) is -0.991. The number of hydrogen-bond acceptors (Lipinski definition) is 1. The molecule has 0 saturated carbocycles. The van der Waals surface area contributed by atoms with E-state index >= 15 is 0 Å². The van der Waals surface area contributed by atoms with Crippen LogP contribution >= 0.6 is 50.5 Å². The van der Waals surface area contributed by atoms with Gasteiger partial charge in [0, 0.05) is 11.1 Å². The zero-order chi connectivity index (χ0) is 12.6. The van der Waals surface area contributed by atoms with Crippen molar-refractivity contribution in [3.05, 3.63) is 55.7 Å². The van der Waals surface area contributed by atoms with E-state index in [1.54, 1.807) is 6.07 Å². The number of thiophene rings is 1. The van der Waals surface area contributed by atoms with E-state index in [-0.39, 0.29) is 5.56 Å². The van der Waals surface area contributed by atoms with Crippen LogP contribution in [0.15, 0.2) is 24.3 Å². The monoisotopic (exact) mass is 356 g/mol. The molecule has 0 saturated heterocycles. The minimum absolute atomic E-state index is 0.196. The molecule has 0 amide bonds. The molecule has 0 N–H and O–H groups in total. The van der Waals surface area contributed by atoms with Gasteiger partial charge in [0.15, 0.2) is 0 Å². The Balaban J connectivity index is 2.46. The van der Waals surface area contributed by atoms with Crippen molar-refractivity contribution in [1.29, 1.82) is 0 Å². The van der Waals surface area contributed by atoms with Crippen molar-refractivity contribution in [1.82, 2.24) is 0 Å². The third-order valence-electron chi connectivity index (χ3n) is 2.19. The molecule has 0 aliphatic carbocycles. The van der Waals surface area contributed by atoms with Gasteiger partial charge in [0.1, 0.15) is 11.6 Å². The lowest BCUT2D eigenvalue weighted by Gasteiger charge is -2.10. The summed E-state index contributed by atoms with van der Waals surface area (Å²) in [5.41, 5.74) is 0.826. The van der Waals surface area contributed by atoms with Gasteiger partial charge in [-0.3, -0.25) is 0 Å². The summed E-state index contributed by atoms with van der Waals surface area (Å²) in [4.78, 5) is -0.519. The fourth-order valence-electron chi connectivity index (χ4n) is 1.40. The Morgan fingerprint density at radius 1 is 1.12 bits per heavy atom. The number of benzene rings is 1. The highest BCUT2D eigenvalue weighted by Gasteiger charge is 2.20. The molecule has 6 heteroatoms. The molecule has 1 heterocycles. The molecule has 0 fully saturated rings. The minimum Gasteiger partial charge on any atom is -0.207 e. The van der Waals surface area contributed by atoms with Crippen LogP contribution in [0, 0.1) is 11.6 Å². The molecule has 2 aromatic rings. The van der Waals surface area contributed by atoms with Crippen LogP contribution in [0.25, 0.3) is 0 Å². The van der Waals surface area contributed by atoms with Gasteiger partial charge in [0.05, 0.1) is 13.5 Å². The molecule has 2 rings (SSSR count). The van der Waals surface area contributed by atoms with Gasteiger partial charge in [0.2, 0.25) is 0 Å². The van der Waals surface area contributed by atoms with Crippen LogP contribution in [0.2, 0.25) is 8.67 Å². The number of hydrogen-bond donors (Lipinski definition) is 0. The van der Waals surface area contributed by atoms with E-state index in [2.05, 4.69) is 15.9 Å². The SMILES string of the molecule is Fc1ccc(F)c(C(Br)c2cc(Cl)sc2Cl)c1. The predicted octanol–water partition coefficient (Wildman–Crippen LogP) is 5.82. The van der Waals surface area contributed by atoms with E-state index < -0.39 is 16.5 Å². The Morgan fingerprint density at radius 3 is 2.41 bits per heavy atom. The van der Waals surface area contributed by atoms with Crippen LogP contribution in [0.1, 0.15) is 16.0 Å². The molecule has 0 aliphatic rings. The second-order valence-electron chi connectivity index (χ2n) is 3.31. The second-order valence-corrected chi connectivity index (χ2v) is 6.51. The van der Waals surface area contributed by atoms with Crippen LogP contribution < -0.4 is 0 Å². The topological polar surface area (TPSA) is 0 Å². The number of alkyl halides is 1. The molecule has 0 spiro atoms. The zero-order valence-electron chi connectivity index (χ0n) is 8.18. The summed E-state index contributed by atoms with van der Waals surface area (Å²) in [5, 5.41) is 0. The van der Waals surface area contributed by atoms with E-state index in [4.69, 9.17) is 23.2 Å². The fraction of sp³-hybridized carbons (Fsp3) is 0.0909. The largest absolute Gasteiger partial charge is 0.207 e. The first-order valence-electron chi connectivity index (χ1n) is 4.53. The Bertz CT molecular complexity index is 556. The molecular weight excluding hydrogens is 353 g/mol. The summed E-state index contributed by atoms with van der Waals surface area (Å²) in [6, 6.07) is 4.93. The molecule has 90 valence electrons. The first kappa shape index (κ1) is 13.3. The molecule has 17 heavy (non-hydrogen) atoms. The molecular formula is C11H5BrCl2F2S. The molecule has 0 bridgehead atoms. The first-order chi connectivity index (χ1) is 7.99. The smallest absolute Gasteiger partial charge is 0.128 e. The third kappa shape index (κ3) is 2.81. The van der Waals surface area contributed by atoms with Gasteiger partial charge in [-0.05, 0) is 24.3 Å². The lowest BCUT2D eigenvalue weighted by Crippen LogP contribution is -1.96. The van der Waals surface area contributed by atoms with E-state index in [0.717, 1.165) is 18.2 Å². The molecule has 1 atom stereocenters. The van der Waals surface area contributed by atoms with Crippen LogP contribution in [-0.4, -0.2) is 0 Å². The molecule has 1 unspecified atom stereocenters. The van der Waals surface area contributed by atoms with Gasteiger partial charge in [-0.25, -0.2) is 8.78 Å². The Labute approximate surface area is 119 Å². The Kier molecular flexibility index (Phi) is 4.08. The van der Waals surface area contributed by atoms with Crippen molar-refractivity contribution in [3.63, 3.8) is 0 Å². The van der Waals surface area contributed by atoms with Crippen molar-refractivity contribution < 1.29 is 8.78 Å². The molecule has 1 aromatic carbocycles. The van der Waals surface area contributed by atoms with Gasteiger partial charge in [-0.2, -0.15) is 0 Å². The van der Waals surface area contributed by atoms with Crippen LogP contribution in [0.3, 0.4) is 0 Å². The van der Waals surface area contributed by atoms with Crippen molar-refractivity contribution in [2.45, 2.75) is 4.83 Å². The summed E-state index contributed by atoms with van der Waals surface area (Å²) < 4.78 is 27.6. The van der Waals surface area contributed by atoms with Gasteiger partial charge in [0.25, 0.3) is 0 Å². The van der Waals surface area contributed by atoms with Crippen molar-refractivity contribution in [3.8, 4) is 0 Å². The highest BCUT2D eigenvalue weighted by atomic mass is 79.9. The van der Waals surface area contributed by atoms with E-state index in [9.17, 15) is 8.78 Å². The first-order valence-corrected chi connectivity index (χ1v) is 7.01. The maximum Gasteiger partial charge on any atom is 0.128 e. The second kappa shape index (κ2) is 5.22. The van der Waals surface area contributed by atoms with Crippen molar-refractivity contribution in [2.75, 3.05) is 0 Å². The minimum atomic E-state index is -0.519. The van der Waals surface area contributed by atoms with Crippen molar-refractivity contribution in [2.24, 2.45) is 0 Å². The normalized spacial score (nSPS) is 12.8. The van der Waals surface area contributed by atoms with E-state index in [1.807, 2.05) is 0 Å². The molecule has 0 radical (unpaired) electrons. The highest BCUT2D eigenvalue weighted by Crippen LogP contribution is 2.42. The van der Waals surface area contributed by atoms with Gasteiger partial charge >= 0.3 is 0 Å². The summed E-state index contributed by atoms with van der Waals surface area (Å²) in [6.45, 7) is 0. The quantitative estimate of drug-likeness (QED) is 0.594. The average molecular weight is 358 g/mol. The molecule has 1 aromatic heterocycles. The van der Waals surface area contributed by atoms with Crippen LogP contribution in [-0.2, 0) is 0 Å². The maximum atomic E-state index is 13.6. The molecule has 0 nitrogen and oxygen atoms in total. The number of halogens is 5. The van der Waals surface area contributed by atoms with Gasteiger partial charge in [-0.1, -0.05) is 39.1 Å². The third-order valence-corrected chi connectivity index (χ3v) is 4.69. The molecule has 0 aliphatic heterocycles. The summed E-state index contributed by atoms with van der Waals surface area (Å²) in [6.07, 6.45) is 0. The highest BCUT2D eigenvalue weighted by molar-refractivity contribution is 9.09. The zero-order valence-corrected chi connectivity index (χ0v) is 12.1. The standard InChI is InChI=1S/C11H5BrCl2F2S/c12-10(7-4-9(13)17-11(7)14)6-3-5(15)1-2-8(6)16/h1-4,10H.